The van der Waals surface area contributed by atoms with E-state index >= 15 is 0 Å². The fraction of sp³-hybridized carbons (Fsp3) is 0.333. The van der Waals surface area contributed by atoms with Crippen molar-refractivity contribution in [3.63, 3.8) is 0 Å². The third kappa shape index (κ3) is 4.57. The van der Waals surface area contributed by atoms with Crippen molar-refractivity contribution in [2.45, 2.75) is 43.0 Å². The quantitative estimate of drug-likeness (QED) is 0.820. The third-order valence-corrected chi connectivity index (χ3v) is 6.14. The molecule has 0 fully saturated rings. The van der Waals surface area contributed by atoms with Gasteiger partial charge in [-0.05, 0) is 38.5 Å². The molecule has 0 aliphatic heterocycles. The monoisotopic (exact) mass is 362 g/mol. The van der Waals surface area contributed by atoms with Crippen molar-refractivity contribution >= 4 is 21.5 Å². The largest absolute Gasteiger partial charge is 0.480 e. The molecule has 2 aromatic rings. The summed E-state index contributed by atoms with van der Waals surface area (Å²) in [7, 11) is -3.54. The summed E-state index contributed by atoms with van der Waals surface area (Å²) in [4.78, 5) is 15.5. The van der Waals surface area contributed by atoms with E-state index in [9.17, 15) is 18.3 Å². The summed E-state index contributed by atoms with van der Waals surface area (Å²) in [6.07, 6.45) is 1.65. The van der Waals surface area contributed by atoms with Gasteiger partial charge in [0.1, 0.15) is 6.04 Å². The molecular formula is C18H22N2O4S. The van der Waals surface area contributed by atoms with Gasteiger partial charge in [-0.3, -0.25) is 0 Å². The molecule has 0 aliphatic rings. The first-order valence-corrected chi connectivity index (χ1v) is 9.33. The Morgan fingerprint density at radius 2 is 1.80 bits per heavy atom. The van der Waals surface area contributed by atoms with Crippen molar-refractivity contribution in [2.75, 3.05) is 5.32 Å². The first-order chi connectivity index (χ1) is 11.6. The predicted octanol–water partition coefficient (Wildman–Crippen LogP) is 2.76. The lowest BCUT2D eigenvalue weighted by Crippen LogP contribution is -2.32. The average Bonchev–Trinajstić information content (AvgIpc) is 2.54. The van der Waals surface area contributed by atoms with E-state index in [4.69, 9.17) is 0 Å². The van der Waals surface area contributed by atoms with Crippen LogP contribution in [0.25, 0.3) is 0 Å². The minimum atomic E-state index is -3.54. The summed E-state index contributed by atoms with van der Waals surface area (Å²) in [5.74, 6) is -0.991. The van der Waals surface area contributed by atoms with Gasteiger partial charge in [-0.15, -0.1) is 0 Å². The smallest absolute Gasteiger partial charge is 0.326 e. The SMILES string of the molecule is CC(C)(C)S(=O)(=O)c1ccc(N[C@H](Cc2ccccc2)C(=O)O)cn1. The number of sulfone groups is 1. The van der Waals surface area contributed by atoms with Crippen LogP contribution in [0, 0.1) is 0 Å². The van der Waals surface area contributed by atoms with E-state index < -0.39 is 26.6 Å². The zero-order chi connectivity index (χ0) is 18.7. The van der Waals surface area contributed by atoms with Gasteiger partial charge >= 0.3 is 5.97 Å². The maximum atomic E-state index is 12.4. The van der Waals surface area contributed by atoms with E-state index in [0.717, 1.165) is 5.56 Å². The Balaban J connectivity index is 2.17. The Morgan fingerprint density at radius 3 is 2.28 bits per heavy atom. The Morgan fingerprint density at radius 1 is 1.16 bits per heavy atom. The minimum absolute atomic E-state index is 0.0273. The van der Waals surface area contributed by atoms with E-state index in [-0.39, 0.29) is 5.03 Å². The second-order valence-corrected chi connectivity index (χ2v) is 9.38. The second-order valence-electron chi connectivity index (χ2n) is 6.73. The fourth-order valence-corrected chi connectivity index (χ4v) is 3.26. The number of carboxylic acid groups (broad SMARTS) is 1. The van der Waals surface area contributed by atoms with Crippen LogP contribution in [-0.4, -0.2) is 35.3 Å². The average molecular weight is 362 g/mol. The van der Waals surface area contributed by atoms with Crippen LogP contribution in [0.15, 0.2) is 53.7 Å². The highest BCUT2D eigenvalue weighted by atomic mass is 32.2. The van der Waals surface area contributed by atoms with E-state index in [1.165, 1.54) is 18.3 Å². The number of aromatic nitrogens is 1. The number of hydrogen-bond donors (Lipinski definition) is 2. The summed E-state index contributed by atoms with van der Waals surface area (Å²) in [5, 5.41) is 12.3. The predicted molar refractivity (Wildman–Crippen MR) is 96.4 cm³/mol. The molecule has 1 atom stereocenters. The molecule has 0 radical (unpaired) electrons. The zero-order valence-electron chi connectivity index (χ0n) is 14.4. The minimum Gasteiger partial charge on any atom is -0.480 e. The lowest BCUT2D eigenvalue weighted by Gasteiger charge is -2.19. The molecule has 0 saturated carbocycles. The summed E-state index contributed by atoms with van der Waals surface area (Å²) < 4.78 is 23.8. The van der Waals surface area contributed by atoms with Gasteiger partial charge in [-0.25, -0.2) is 18.2 Å². The maximum absolute atomic E-state index is 12.4. The van der Waals surface area contributed by atoms with Crippen molar-refractivity contribution in [3.8, 4) is 0 Å². The van der Waals surface area contributed by atoms with Crippen molar-refractivity contribution in [2.24, 2.45) is 0 Å². The van der Waals surface area contributed by atoms with Gasteiger partial charge in [0.2, 0.25) is 0 Å². The number of carbonyl (C=O) groups is 1. The standard InChI is InChI=1S/C18H22N2O4S/c1-18(2,3)25(23,24)16-10-9-14(12-19-16)20-15(17(21)22)11-13-7-5-4-6-8-13/h4-10,12,15,20H,11H2,1-3H3,(H,21,22)/t15-/m1/s1. The van der Waals surface area contributed by atoms with Crippen LogP contribution < -0.4 is 5.32 Å². The van der Waals surface area contributed by atoms with Crippen LogP contribution in [-0.2, 0) is 21.1 Å². The van der Waals surface area contributed by atoms with Gasteiger partial charge in [0.25, 0.3) is 0 Å². The first kappa shape index (κ1) is 18.9. The van der Waals surface area contributed by atoms with E-state index in [0.29, 0.717) is 12.1 Å². The van der Waals surface area contributed by atoms with Crippen LogP contribution in [0.1, 0.15) is 26.3 Å². The molecule has 1 aromatic heterocycles. The molecule has 2 rings (SSSR count). The molecule has 1 heterocycles. The molecule has 7 heteroatoms. The summed E-state index contributed by atoms with van der Waals surface area (Å²) in [5.41, 5.74) is 1.35. The lowest BCUT2D eigenvalue weighted by atomic mass is 10.1. The number of anilines is 1. The Bertz CT molecular complexity index is 826. The summed E-state index contributed by atoms with van der Waals surface area (Å²) >= 11 is 0. The molecule has 0 aliphatic carbocycles. The topological polar surface area (TPSA) is 96.4 Å². The zero-order valence-corrected chi connectivity index (χ0v) is 15.2. The molecule has 0 amide bonds. The summed E-state index contributed by atoms with van der Waals surface area (Å²) in [6.45, 7) is 4.82. The highest BCUT2D eigenvalue weighted by Gasteiger charge is 2.32. The van der Waals surface area contributed by atoms with Crippen molar-refractivity contribution in [1.82, 2.24) is 4.98 Å². The molecule has 0 saturated heterocycles. The number of carboxylic acids is 1. The van der Waals surface area contributed by atoms with E-state index in [2.05, 4.69) is 10.3 Å². The maximum Gasteiger partial charge on any atom is 0.326 e. The normalized spacial score (nSPS) is 13.2. The van der Waals surface area contributed by atoms with Crippen LogP contribution in [0.4, 0.5) is 5.69 Å². The molecule has 0 bridgehead atoms. The number of benzene rings is 1. The molecule has 0 spiro atoms. The number of nitrogens with one attached hydrogen (secondary N) is 1. The first-order valence-electron chi connectivity index (χ1n) is 7.85. The van der Waals surface area contributed by atoms with Crippen molar-refractivity contribution in [3.05, 3.63) is 54.2 Å². The molecule has 6 nitrogen and oxygen atoms in total. The van der Waals surface area contributed by atoms with E-state index in [1.807, 2.05) is 30.3 Å². The number of pyridine rings is 1. The van der Waals surface area contributed by atoms with E-state index in [1.54, 1.807) is 20.8 Å². The van der Waals surface area contributed by atoms with Crippen LogP contribution >= 0.6 is 0 Å². The third-order valence-electron chi connectivity index (χ3n) is 3.74. The Kier molecular flexibility index (Phi) is 5.47. The highest BCUT2D eigenvalue weighted by Crippen LogP contribution is 2.24. The van der Waals surface area contributed by atoms with Gasteiger partial charge in [-0.2, -0.15) is 0 Å². The van der Waals surface area contributed by atoms with Gasteiger partial charge in [0.05, 0.1) is 16.6 Å². The second kappa shape index (κ2) is 7.23. The molecule has 134 valence electrons. The van der Waals surface area contributed by atoms with Gasteiger partial charge < -0.3 is 10.4 Å². The lowest BCUT2D eigenvalue weighted by molar-refractivity contribution is -0.137. The van der Waals surface area contributed by atoms with Gasteiger partial charge in [-0.1, -0.05) is 30.3 Å². The van der Waals surface area contributed by atoms with Crippen LogP contribution in [0.5, 0.6) is 0 Å². The highest BCUT2D eigenvalue weighted by molar-refractivity contribution is 7.92. The fourth-order valence-electron chi connectivity index (χ4n) is 2.19. The Labute approximate surface area is 147 Å². The number of hydrogen-bond acceptors (Lipinski definition) is 5. The molecule has 0 unspecified atom stereocenters. The van der Waals surface area contributed by atoms with Gasteiger partial charge in [0, 0.05) is 6.42 Å². The van der Waals surface area contributed by atoms with Crippen LogP contribution in [0.3, 0.4) is 0 Å². The molecule has 2 N–H and O–H groups in total. The number of nitrogens with zero attached hydrogens (tertiary/aromatic N) is 1. The molecule has 1 aromatic carbocycles. The van der Waals surface area contributed by atoms with Gasteiger partial charge in [0.15, 0.2) is 14.9 Å². The van der Waals surface area contributed by atoms with Crippen molar-refractivity contribution < 1.29 is 18.3 Å². The van der Waals surface area contributed by atoms with Crippen molar-refractivity contribution in [1.29, 1.82) is 0 Å². The number of aliphatic carboxylic acids is 1. The molecule has 25 heavy (non-hydrogen) atoms. The summed E-state index contributed by atoms with van der Waals surface area (Å²) in [6, 6.07) is 11.4. The Hall–Kier alpha value is -2.41. The number of rotatable bonds is 6. The van der Waals surface area contributed by atoms with Crippen LogP contribution in [0.2, 0.25) is 0 Å². The molecular weight excluding hydrogens is 340 g/mol.